The van der Waals surface area contributed by atoms with Crippen molar-refractivity contribution in [3.63, 3.8) is 0 Å². The van der Waals surface area contributed by atoms with E-state index in [4.69, 9.17) is 4.43 Å². The molecule has 5 atom stereocenters. The van der Waals surface area contributed by atoms with Gasteiger partial charge in [-0.15, -0.1) is 0 Å². The summed E-state index contributed by atoms with van der Waals surface area (Å²) in [4.78, 5) is 12.4. The van der Waals surface area contributed by atoms with Gasteiger partial charge in [0.25, 0.3) is 0 Å². The summed E-state index contributed by atoms with van der Waals surface area (Å²) < 4.78 is 6.27. The molecular formula is C25H48O3Si. The zero-order valence-electron chi connectivity index (χ0n) is 20.6. The fourth-order valence-electron chi connectivity index (χ4n) is 5.78. The molecule has 0 aromatic carbocycles. The number of carbonyl (C=O) groups is 1. The maximum atomic E-state index is 12.4. The molecule has 0 spiro atoms. The molecule has 2 saturated carbocycles. The molecule has 0 aromatic rings. The van der Waals surface area contributed by atoms with Gasteiger partial charge in [-0.25, -0.2) is 0 Å². The third-order valence-electron chi connectivity index (χ3n) is 8.91. The second-order valence-corrected chi connectivity index (χ2v) is 17.1. The largest absolute Gasteiger partial charge is 0.417 e. The summed E-state index contributed by atoms with van der Waals surface area (Å²) in [5, 5.41) is 11.1. The van der Waals surface area contributed by atoms with Gasteiger partial charge in [-0.3, -0.25) is 4.79 Å². The summed E-state index contributed by atoms with van der Waals surface area (Å²) in [7, 11) is -1.74. The molecule has 2 aliphatic carbocycles. The highest BCUT2D eigenvalue weighted by Crippen LogP contribution is 2.57. The highest BCUT2D eigenvalue weighted by Gasteiger charge is 2.52. The van der Waals surface area contributed by atoms with E-state index in [0.717, 1.165) is 38.5 Å². The Bertz CT molecular complexity index is 563. The lowest BCUT2D eigenvalue weighted by molar-refractivity contribution is -0.130. The lowest BCUT2D eigenvalue weighted by Crippen LogP contribution is -2.42. The van der Waals surface area contributed by atoms with E-state index in [2.05, 4.69) is 47.7 Å². The topological polar surface area (TPSA) is 46.5 Å². The Morgan fingerprint density at radius 1 is 1.21 bits per heavy atom. The molecular weight excluding hydrogens is 376 g/mol. The molecule has 1 N–H and O–H groups in total. The van der Waals surface area contributed by atoms with Crippen LogP contribution >= 0.6 is 0 Å². The third kappa shape index (κ3) is 5.95. The Kier molecular flexibility index (Phi) is 7.88. The van der Waals surface area contributed by atoms with Crippen LogP contribution in [0.3, 0.4) is 0 Å². The Balaban J connectivity index is 1.77. The summed E-state index contributed by atoms with van der Waals surface area (Å²) in [5.41, 5.74) is -0.417. The summed E-state index contributed by atoms with van der Waals surface area (Å²) in [6, 6.07) is 0. The number of aliphatic hydroxyl groups is 1. The predicted octanol–water partition coefficient (Wildman–Crippen LogP) is 6.74. The SMILES string of the molecule is C[C@H](CCC[C@@](C)(O)CCO[Si](C)(C)C(C)(C)C)[C@H]1CC[C@H]2C(=O)CCC[C@]12C. The number of hydrogen-bond acceptors (Lipinski definition) is 3. The number of carbonyl (C=O) groups excluding carboxylic acids is 1. The van der Waals surface area contributed by atoms with Gasteiger partial charge < -0.3 is 9.53 Å². The second-order valence-electron chi connectivity index (χ2n) is 12.3. The summed E-state index contributed by atoms with van der Waals surface area (Å²) in [6.07, 6.45) is 9.19. The monoisotopic (exact) mass is 424 g/mol. The van der Waals surface area contributed by atoms with Crippen LogP contribution < -0.4 is 0 Å². The Labute approximate surface area is 181 Å². The molecule has 0 aromatic heterocycles. The van der Waals surface area contributed by atoms with Gasteiger partial charge in [-0.1, -0.05) is 47.5 Å². The number of hydrogen-bond donors (Lipinski definition) is 1. The summed E-state index contributed by atoms with van der Waals surface area (Å²) >= 11 is 0. The average molecular weight is 425 g/mol. The van der Waals surface area contributed by atoms with Crippen LogP contribution in [-0.4, -0.2) is 31.4 Å². The second kappa shape index (κ2) is 9.12. The van der Waals surface area contributed by atoms with Crippen molar-refractivity contribution in [2.45, 2.75) is 123 Å². The number of Topliss-reactive ketones (excluding diaryl/α,β-unsaturated/α-hetero) is 1. The molecule has 0 saturated heterocycles. The molecule has 0 aliphatic heterocycles. The van der Waals surface area contributed by atoms with E-state index in [1.807, 2.05) is 6.92 Å². The van der Waals surface area contributed by atoms with Crippen LogP contribution in [-0.2, 0) is 9.22 Å². The van der Waals surface area contributed by atoms with Crippen molar-refractivity contribution in [3.8, 4) is 0 Å². The number of ketones is 1. The lowest BCUT2D eigenvalue weighted by atomic mass is 9.62. The molecule has 0 unspecified atom stereocenters. The van der Waals surface area contributed by atoms with Crippen molar-refractivity contribution in [2.75, 3.05) is 6.61 Å². The minimum atomic E-state index is -1.74. The van der Waals surface area contributed by atoms with E-state index in [9.17, 15) is 9.90 Å². The molecule has 0 heterocycles. The summed E-state index contributed by atoms with van der Waals surface area (Å²) in [5.74, 6) is 2.15. The maximum absolute atomic E-state index is 12.4. The fourth-order valence-corrected chi connectivity index (χ4v) is 6.82. The van der Waals surface area contributed by atoms with E-state index < -0.39 is 13.9 Å². The van der Waals surface area contributed by atoms with Gasteiger partial charge in [0, 0.05) is 18.9 Å². The van der Waals surface area contributed by atoms with Gasteiger partial charge in [0.15, 0.2) is 8.32 Å². The van der Waals surface area contributed by atoms with Crippen LogP contribution in [0, 0.1) is 23.2 Å². The van der Waals surface area contributed by atoms with Crippen molar-refractivity contribution in [3.05, 3.63) is 0 Å². The van der Waals surface area contributed by atoms with Crippen molar-refractivity contribution in [1.29, 1.82) is 0 Å². The molecule has 2 aliphatic rings. The van der Waals surface area contributed by atoms with Gasteiger partial charge in [-0.05, 0) is 80.8 Å². The van der Waals surface area contributed by atoms with Crippen LogP contribution in [0.5, 0.6) is 0 Å². The molecule has 2 rings (SSSR count). The van der Waals surface area contributed by atoms with Gasteiger partial charge in [0.2, 0.25) is 0 Å². The van der Waals surface area contributed by atoms with Crippen molar-refractivity contribution in [2.24, 2.45) is 23.2 Å². The van der Waals surface area contributed by atoms with Crippen molar-refractivity contribution < 1.29 is 14.3 Å². The zero-order valence-corrected chi connectivity index (χ0v) is 21.6. The molecule has 170 valence electrons. The van der Waals surface area contributed by atoms with E-state index >= 15 is 0 Å². The molecule has 3 nitrogen and oxygen atoms in total. The molecule has 4 heteroatoms. The first-order valence-electron chi connectivity index (χ1n) is 12.1. The highest BCUT2D eigenvalue weighted by atomic mass is 28.4. The smallest absolute Gasteiger partial charge is 0.191 e. The van der Waals surface area contributed by atoms with Crippen molar-refractivity contribution >= 4 is 14.1 Å². The molecule has 0 radical (unpaired) electrons. The third-order valence-corrected chi connectivity index (χ3v) is 13.4. The van der Waals surface area contributed by atoms with Crippen LogP contribution in [0.4, 0.5) is 0 Å². The average Bonchev–Trinajstić information content (AvgIpc) is 2.91. The maximum Gasteiger partial charge on any atom is 0.191 e. The summed E-state index contributed by atoms with van der Waals surface area (Å²) in [6.45, 7) is 18.7. The lowest BCUT2D eigenvalue weighted by Gasteiger charge is -2.42. The van der Waals surface area contributed by atoms with Gasteiger partial charge >= 0.3 is 0 Å². The van der Waals surface area contributed by atoms with Gasteiger partial charge in [-0.2, -0.15) is 0 Å². The first-order chi connectivity index (χ1) is 13.2. The predicted molar refractivity (Wildman–Crippen MR) is 125 cm³/mol. The Hall–Kier alpha value is -0.193. The quantitative estimate of drug-likeness (QED) is 0.417. The Morgan fingerprint density at radius 3 is 2.48 bits per heavy atom. The standard InChI is InChI=1S/C25H48O3Si/c1-19(20-13-14-21-22(26)12-10-16-25(20,21)6)11-9-15-24(5,27)17-18-28-29(7,8)23(2,3)4/h19-21,27H,9-18H2,1-8H3/t19-,20-,21+,24-,25-/m1/s1. The van der Waals surface area contributed by atoms with E-state index in [1.165, 1.54) is 12.8 Å². The molecule has 0 amide bonds. The highest BCUT2D eigenvalue weighted by molar-refractivity contribution is 6.74. The zero-order chi connectivity index (χ0) is 22.1. The minimum absolute atomic E-state index is 0.212. The van der Waals surface area contributed by atoms with Crippen LogP contribution in [0.1, 0.15) is 99.3 Å². The molecule has 0 bridgehead atoms. The van der Waals surface area contributed by atoms with Gasteiger partial charge in [0.05, 0.1) is 5.60 Å². The van der Waals surface area contributed by atoms with Crippen LogP contribution in [0.15, 0.2) is 0 Å². The number of fused-ring (bicyclic) bond motifs is 1. The fraction of sp³-hybridized carbons (Fsp3) is 0.960. The first-order valence-corrected chi connectivity index (χ1v) is 15.0. The van der Waals surface area contributed by atoms with E-state index in [0.29, 0.717) is 36.6 Å². The van der Waals surface area contributed by atoms with Crippen LogP contribution in [0.25, 0.3) is 0 Å². The minimum Gasteiger partial charge on any atom is -0.417 e. The normalized spacial score (nSPS) is 31.4. The van der Waals surface area contributed by atoms with E-state index in [1.54, 1.807) is 0 Å². The number of rotatable bonds is 9. The van der Waals surface area contributed by atoms with Crippen molar-refractivity contribution in [1.82, 2.24) is 0 Å². The Morgan fingerprint density at radius 2 is 1.86 bits per heavy atom. The van der Waals surface area contributed by atoms with Crippen LogP contribution in [0.2, 0.25) is 18.1 Å². The van der Waals surface area contributed by atoms with Gasteiger partial charge in [0.1, 0.15) is 5.78 Å². The first kappa shape index (κ1) is 25.1. The molecule has 29 heavy (non-hydrogen) atoms. The van der Waals surface area contributed by atoms with E-state index in [-0.39, 0.29) is 10.5 Å². The molecule has 2 fully saturated rings.